The predicted octanol–water partition coefficient (Wildman–Crippen LogP) is 3.92. The van der Waals surface area contributed by atoms with Crippen LogP contribution in [0.1, 0.15) is 36.6 Å². The van der Waals surface area contributed by atoms with Gasteiger partial charge in [0.2, 0.25) is 5.91 Å². The van der Waals surface area contributed by atoms with Crippen molar-refractivity contribution in [2.45, 2.75) is 39.3 Å². The Kier molecular flexibility index (Phi) is 5.72. The first-order chi connectivity index (χ1) is 13.7. The quantitative estimate of drug-likeness (QED) is 0.707. The summed E-state index contributed by atoms with van der Waals surface area (Å²) in [5.41, 5.74) is 3.87. The minimum Gasteiger partial charge on any atom is -0.356 e. The van der Waals surface area contributed by atoms with Crippen molar-refractivity contribution in [3.05, 3.63) is 65.4 Å². The molecule has 1 aliphatic rings. The lowest BCUT2D eigenvalue weighted by Crippen LogP contribution is -2.34. The molecule has 1 fully saturated rings. The molecule has 3 aromatic rings. The van der Waals surface area contributed by atoms with Gasteiger partial charge in [-0.2, -0.15) is 0 Å². The lowest BCUT2D eigenvalue weighted by Gasteiger charge is -2.31. The molecule has 0 radical (unpaired) electrons. The molecule has 28 heavy (non-hydrogen) atoms. The number of likely N-dealkylation sites (tertiary alicyclic amines) is 1. The van der Waals surface area contributed by atoms with Crippen molar-refractivity contribution < 1.29 is 9.32 Å². The van der Waals surface area contributed by atoms with E-state index in [1.165, 1.54) is 24.0 Å². The van der Waals surface area contributed by atoms with Gasteiger partial charge >= 0.3 is 0 Å². The summed E-state index contributed by atoms with van der Waals surface area (Å²) in [7, 11) is 0. The third-order valence-electron chi connectivity index (χ3n) is 5.51. The van der Waals surface area contributed by atoms with E-state index in [9.17, 15) is 4.79 Å². The number of amides is 1. The molecular formula is C23H27N3O2. The molecule has 5 nitrogen and oxygen atoms in total. The predicted molar refractivity (Wildman–Crippen MR) is 110 cm³/mol. The second kappa shape index (κ2) is 8.57. The maximum absolute atomic E-state index is 12.5. The maximum atomic E-state index is 12.5. The van der Waals surface area contributed by atoms with Crippen LogP contribution < -0.4 is 5.32 Å². The van der Waals surface area contributed by atoms with Crippen LogP contribution in [0.5, 0.6) is 0 Å². The average molecular weight is 377 g/mol. The molecule has 4 rings (SSSR count). The number of carbonyl (C=O) groups is 1. The molecule has 0 bridgehead atoms. The Morgan fingerprint density at radius 3 is 2.82 bits per heavy atom. The first kappa shape index (κ1) is 18.7. The van der Waals surface area contributed by atoms with E-state index in [1.807, 2.05) is 30.3 Å². The molecule has 1 amide bonds. The highest BCUT2D eigenvalue weighted by Crippen LogP contribution is 2.20. The summed E-state index contributed by atoms with van der Waals surface area (Å²) in [4.78, 5) is 15.0. The van der Waals surface area contributed by atoms with Gasteiger partial charge in [-0.05, 0) is 48.6 Å². The zero-order valence-corrected chi connectivity index (χ0v) is 16.4. The summed E-state index contributed by atoms with van der Waals surface area (Å²) in [6, 6.07) is 16.0. The summed E-state index contributed by atoms with van der Waals surface area (Å²) in [5, 5.41) is 8.00. The maximum Gasteiger partial charge on any atom is 0.226 e. The van der Waals surface area contributed by atoms with Crippen LogP contribution in [0.15, 0.2) is 53.1 Å². The first-order valence-electron chi connectivity index (χ1n) is 10.1. The Hall–Kier alpha value is -2.66. The molecular weight excluding hydrogens is 350 g/mol. The van der Waals surface area contributed by atoms with Crippen molar-refractivity contribution in [3.63, 3.8) is 0 Å². The van der Waals surface area contributed by atoms with Gasteiger partial charge < -0.3 is 9.84 Å². The van der Waals surface area contributed by atoms with E-state index in [0.29, 0.717) is 17.8 Å². The zero-order valence-electron chi connectivity index (χ0n) is 16.4. The van der Waals surface area contributed by atoms with Crippen molar-refractivity contribution in [1.82, 2.24) is 15.4 Å². The van der Waals surface area contributed by atoms with Gasteiger partial charge in [-0.15, -0.1) is 0 Å². The largest absolute Gasteiger partial charge is 0.356 e. The van der Waals surface area contributed by atoms with E-state index >= 15 is 0 Å². The highest BCUT2D eigenvalue weighted by molar-refractivity contribution is 5.86. The number of hydrogen-bond acceptors (Lipinski definition) is 4. The number of hydrogen-bond donors (Lipinski definition) is 1. The summed E-state index contributed by atoms with van der Waals surface area (Å²) in [6.45, 7) is 6.12. The van der Waals surface area contributed by atoms with Crippen LogP contribution in [0.2, 0.25) is 0 Å². The molecule has 1 unspecified atom stereocenters. The Morgan fingerprint density at radius 1 is 1.18 bits per heavy atom. The monoisotopic (exact) mass is 377 g/mol. The molecule has 1 atom stereocenters. The molecule has 2 heterocycles. The van der Waals surface area contributed by atoms with Gasteiger partial charge in [0.25, 0.3) is 0 Å². The number of benzene rings is 2. The van der Waals surface area contributed by atoms with Crippen LogP contribution in [0, 0.1) is 5.92 Å². The number of para-hydroxylation sites is 1. The second-order valence-corrected chi connectivity index (χ2v) is 7.83. The van der Waals surface area contributed by atoms with Crippen molar-refractivity contribution in [2.24, 2.45) is 5.92 Å². The zero-order chi connectivity index (χ0) is 19.3. The van der Waals surface area contributed by atoms with Crippen molar-refractivity contribution >= 4 is 16.9 Å². The third kappa shape index (κ3) is 4.42. The Balaban J connectivity index is 1.37. The van der Waals surface area contributed by atoms with E-state index in [1.54, 1.807) is 0 Å². The number of rotatable bonds is 6. The lowest BCUT2D eigenvalue weighted by molar-refractivity contribution is -0.120. The molecule has 146 valence electrons. The van der Waals surface area contributed by atoms with Crippen molar-refractivity contribution in [3.8, 4) is 0 Å². The van der Waals surface area contributed by atoms with Gasteiger partial charge in [0.05, 0.1) is 6.42 Å². The number of fused-ring (bicyclic) bond motifs is 1. The first-order valence-corrected chi connectivity index (χ1v) is 10.1. The lowest BCUT2D eigenvalue weighted by atomic mass is 9.99. The minimum atomic E-state index is -0.0412. The van der Waals surface area contributed by atoms with Crippen LogP contribution in [-0.2, 0) is 24.3 Å². The van der Waals surface area contributed by atoms with E-state index in [-0.39, 0.29) is 12.3 Å². The highest BCUT2D eigenvalue weighted by atomic mass is 16.5. The molecule has 0 spiro atoms. The molecule has 0 aliphatic carbocycles. The van der Waals surface area contributed by atoms with Crippen LogP contribution in [0.3, 0.4) is 0 Å². The van der Waals surface area contributed by atoms with Gasteiger partial charge in [0.1, 0.15) is 5.69 Å². The second-order valence-electron chi connectivity index (χ2n) is 7.83. The van der Waals surface area contributed by atoms with E-state index in [2.05, 4.69) is 40.5 Å². The number of carbonyl (C=O) groups excluding carboxylic acids is 1. The fourth-order valence-electron chi connectivity index (χ4n) is 4.03. The normalized spacial score (nSPS) is 17.7. The molecule has 1 aromatic heterocycles. The molecule has 5 heteroatoms. The molecule has 1 saturated heterocycles. The number of nitrogens with one attached hydrogen (secondary N) is 1. The standard InChI is InChI=1S/C23H27N3O2/c1-17-7-6-12-26(15-17)16-19-9-3-2-8-18(19)14-24-23(27)13-21-20-10-4-5-11-22(20)28-25-21/h2-5,8-11,17H,6-7,12-16H2,1H3,(H,24,27). The SMILES string of the molecule is CC1CCCN(Cc2ccccc2CNC(=O)Cc2noc3ccccc23)C1. The van der Waals surface area contributed by atoms with Crippen molar-refractivity contribution in [2.75, 3.05) is 13.1 Å². The Morgan fingerprint density at radius 2 is 1.96 bits per heavy atom. The summed E-state index contributed by atoms with van der Waals surface area (Å²) in [6.07, 6.45) is 2.82. The smallest absolute Gasteiger partial charge is 0.226 e. The topological polar surface area (TPSA) is 58.4 Å². The van der Waals surface area contributed by atoms with E-state index in [4.69, 9.17) is 4.52 Å². The summed E-state index contributed by atoms with van der Waals surface area (Å²) in [5.74, 6) is 0.721. The number of aromatic nitrogens is 1. The fraction of sp³-hybridized carbons (Fsp3) is 0.391. The average Bonchev–Trinajstić information content (AvgIpc) is 3.10. The third-order valence-corrected chi connectivity index (χ3v) is 5.51. The highest BCUT2D eigenvalue weighted by Gasteiger charge is 2.17. The summed E-state index contributed by atoms with van der Waals surface area (Å²) < 4.78 is 5.29. The Labute approximate surface area is 165 Å². The minimum absolute atomic E-state index is 0.0412. The Bertz CT molecular complexity index is 950. The fourth-order valence-corrected chi connectivity index (χ4v) is 4.03. The van der Waals surface area contributed by atoms with E-state index in [0.717, 1.165) is 30.9 Å². The van der Waals surface area contributed by atoms with Gasteiger partial charge in [0, 0.05) is 25.0 Å². The van der Waals surface area contributed by atoms with Crippen LogP contribution in [0.4, 0.5) is 0 Å². The molecule has 0 saturated carbocycles. The van der Waals surface area contributed by atoms with E-state index < -0.39 is 0 Å². The van der Waals surface area contributed by atoms with Gasteiger partial charge in [-0.1, -0.05) is 48.5 Å². The van der Waals surface area contributed by atoms with Gasteiger partial charge in [0.15, 0.2) is 5.58 Å². The van der Waals surface area contributed by atoms with Crippen LogP contribution in [0.25, 0.3) is 11.0 Å². The van der Waals surface area contributed by atoms with Gasteiger partial charge in [-0.3, -0.25) is 9.69 Å². The molecule has 1 N–H and O–H groups in total. The summed E-state index contributed by atoms with van der Waals surface area (Å²) >= 11 is 0. The van der Waals surface area contributed by atoms with Crippen molar-refractivity contribution in [1.29, 1.82) is 0 Å². The van der Waals surface area contributed by atoms with Crippen LogP contribution >= 0.6 is 0 Å². The van der Waals surface area contributed by atoms with Crippen LogP contribution in [-0.4, -0.2) is 29.1 Å². The number of nitrogens with zero attached hydrogens (tertiary/aromatic N) is 2. The molecule has 2 aromatic carbocycles. The van der Waals surface area contributed by atoms with Gasteiger partial charge in [-0.25, -0.2) is 0 Å². The molecule has 1 aliphatic heterocycles. The number of piperidine rings is 1.